The van der Waals surface area contributed by atoms with Gasteiger partial charge in [-0.15, -0.1) is 24.0 Å². The van der Waals surface area contributed by atoms with Gasteiger partial charge in [0.25, 0.3) is 0 Å². The molecule has 0 aliphatic heterocycles. The second-order valence-electron chi connectivity index (χ2n) is 4.92. The van der Waals surface area contributed by atoms with Gasteiger partial charge in [-0.1, -0.05) is 0 Å². The maximum Gasteiger partial charge on any atom is 0.390 e. The average molecular weight is 423 g/mol. The maximum absolute atomic E-state index is 12.0. The normalized spacial score (nSPS) is 15.5. The van der Waals surface area contributed by atoms with Crippen molar-refractivity contribution >= 4 is 29.9 Å². The van der Waals surface area contributed by atoms with E-state index in [0.29, 0.717) is 25.7 Å². The molecule has 2 N–H and O–H groups in total. The minimum Gasteiger partial charge on any atom is -0.381 e. The van der Waals surface area contributed by atoms with Crippen LogP contribution in [0.15, 0.2) is 4.99 Å². The Balaban J connectivity index is 0.00000400. The molecule has 0 bridgehead atoms. The standard InChI is InChI=1S/C13H24F3N3O.HI/c1-2-17-12(19-8-6-13(14,15)16)18-7-3-9-20-10-11-4-5-11;/h11H,2-10H2,1H3,(H2,17,18,19);1H. The highest BCUT2D eigenvalue weighted by atomic mass is 127. The van der Waals surface area contributed by atoms with E-state index in [2.05, 4.69) is 15.6 Å². The van der Waals surface area contributed by atoms with E-state index in [4.69, 9.17) is 4.74 Å². The summed E-state index contributed by atoms with van der Waals surface area (Å²) in [6, 6.07) is 0. The molecule has 0 aromatic rings. The number of hydrogen-bond acceptors (Lipinski definition) is 2. The Kier molecular flexibility index (Phi) is 11.2. The van der Waals surface area contributed by atoms with Gasteiger partial charge >= 0.3 is 6.18 Å². The number of aliphatic imine (C=N–C) groups is 1. The first kappa shape index (κ1) is 20.8. The Morgan fingerprint density at radius 3 is 2.57 bits per heavy atom. The largest absolute Gasteiger partial charge is 0.390 e. The molecule has 4 nitrogen and oxygen atoms in total. The van der Waals surface area contributed by atoms with Crippen LogP contribution in [0.2, 0.25) is 0 Å². The van der Waals surface area contributed by atoms with Crippen LogP contribution < -0.4 is 10.6 Å². The summed E-state index contributed by atoms with van der Waals surface area (Å²) in [6.07, 6.45) is -1.68. The number of halogens is 4. The van der Waals surface area contributed by atoms with Crippen molar-refractivity contribution in [2.24, 2.45) is 10.9 Å². The predicted octanol–water partition coefficient (Wildman–Crippen LogP) is 2.93. The Hall–Kier alpha value is -0.250. The second kappa shape index (κ2) is 11.3. The first-order valence-electron chi connectivity index (χ1n) is 7.18. The highest BCUT2D eigenvalue weighted by Crippen LogP contribution is 2.28. The summed E-state index contributed by atoms with van der Waals surface area (Å²) >= 11 is 0. The van der Waals surface area contributed by atoms with Crippen LogP contribution >= 0.6 is 24.0 Å². The molecule has 0 saturated heterocycles. The van der Waals surface area contributed by atoms with Crippen LogP contribution in [0.3, 0.4) is 0 Å². The summed E-state index contributed by atoms with van der Waals surface area (Å²) in [6.45, 7) is 4.37. The monoisotopic (exact) mass is 423 g/mol. The van der Waals surface area contributed by atoms with E-state index in [1.54, 1.807) is 0 Å². The lowest BCUT2D eigenvalue weighted by Crippen LogP contribution is -2.39. The molecular formula is C13H25F3IN3O. The third-order valence-electron chi connectivity index (χ3n) is 2.81. The number of hydrogen-bond donors (Lipinski definition) is 2. The van der Waals surface area contributed by atoms with E-state index < -0.39 is 12.6 Å². The topological polar surface area (TPSA) is 45.7 Å². The molecule has 0 aromatic heterocycles. The lowest BCUT2D eigenvalue weighted by atomic mass is 10.4. The van der Waals surface area contributed by atoms with E-state index >= 15 is 0 Å². The molecule has 1 aliphatic carbocycles. The van der Waals surface area contributed by atoms with Crippen LogP contribution in [0.4, 0.5) is 13.2 Å². The minimum atomic E-state index is -4.14. The van der Waals surface area contributed by atoms with Crippen molar-refractivity contribution in [3.8, 4) is 0 Å². The molecule has 0 unspecified atom stereocenters. The third kappa shape index (κ3) is 13.2. The predicted molar refractivity (Wildman–Crippen MR) is 88.2 cm³/mol. The van der Waals surface area contributed by atoms with Gasteiger partial charge in [0.15, 0.2) is 5.96 Å². The van der Waals surface area contributed by atoms with Gasteiger partial charge in [0.2, 0.25) is 0 Å². The summed E-state index contributed by atoms with van der Waals surface area (Å²) in [7, 11) is 0. The third-order valence-corrected chi connectivity index (χ3v) is 2.81. The molecule has 126 valence electrons. The van der Waals surface area contributed by atoms with Crippen molar-refractivity contribution in [3.05, 3.63) is 0 Å². The van der Waals surface area contributed by atoms with Crippen molar-refractivity contribution < 1.29 is 17.9 Å². The van der Waals surface area contributed by atoms with Crippen LogP contribution in [0.25, 0.3) is 0 Å². The summed E-state index contributed by atoms with van der Waals surface area (Å²) in [5.74, 6) is 1.18. The first-order valence-corrected chi connectivity index (χ1v) is 7.18. The van der Waals surface area contributed by atoms with Gasteiger partial charge in [-0.2, -0.15) is 13.2 Å². The SMILES string of the molecule is CCNC(=NCCCOCC1CC1)NCCC(F)(F)F.I. The van der Waals surface area contributed by atoms with Gasteiger partial charge in [0.05, 0.1) is 6.42 Å². The Morgan fingerprint density at radius 1 is 1.29 bits per heavy atom. The van der Waals surface area contributed by atoms with Crippen LogP contribution in [0, 0.1) is 5.92 Å². The number of nitrogens with zero attached hydrogens (tertiary/aromatic N) is 1. The first-order chi connectivity index (χ1) is 9.51. The van der Waals surface area contributed by atoms with Gasteiger partial charge in [-0.05, 0) is 32.1 Å². The molecule has 0 atom stereocenters. The molecule has 1 aliphatic rings. The fourth-order valence-electron chi connectivity index (χ4n) is 1.56. The summed E-state index contributed by atoms with van der Waals surface area (Å²) in [5.41, 5.74) is 0. The molecule has 1 saturated carbocycles. The number of ether oxygens (including phenoxy) is 1. The van der Waals surface area contributed by atoms with Gasteiger partial charge in [-0.25, -0.2) is 0 Å². The lowest BCUT2D eigenvalue weighted by molar-refractivity contribution is -0.132. The van der Waals surface area contributed by atoms with Crippen LogP contribution in [0.5, 0.6) is 0 Å². The summed E-state index contributed by atoms with van der Waals surface area (Å²) in [4.78, 5) is 4.21. The van der Waals surface area contributed by atoms with Crippen LogP contribution in [-0.2, 0) is 4.74 Å². The van der Waals surface area contributed by atoms with Crippen molar-refractivity contribution in [2.45, 2.75) is 38.8 Å². The molecular weight excluding hydrogens is 398 g/mol. The lowest BCUT2D eigenvalue weighted by Gasteiger charge is -2.12. The minimum absolute atomic E-state index is 0. The molecule has 1 fully saturated rings. The number of guanidine groups is 1. The molecule has 0 heterocycles. The van der Waals surface area contributed by atoms with Crippen molar-refractivity contribution in [1.82, 2.24) is 10.6 Å². The molecule has 1 rings (SSSR count). The second-order valence-corrected chi connectivity index (χ2v) is 4.92. The van der Waals surface area contributed by atoms with E-state index in [0.717, 1.165) is 18.9 Å². The van der Waals surface area contributed by atoms with E-state index in [-0.39, 0.29) is 30.5 Å². The van der Waals surface area contributed by atoms with E-state index in [1.807, 2.05) is 6.92 Å². The van der Waals surface area contributed by atoms with Crippen molar-refractivity contribution in [3.63, 3.8) is 0 Å². The van der Waals surface area contributed by atoms with Crippen LogP contribution in [-0.4, -0.2) is 45.0 Å². The van der Waals surface area contributed by atoms with Gasteiger partial charge in [-0.3, -0.25) is 4.99 Å². The van der Waals surface area contributed by atoms with Gasteiger partial charge < -0.3 is 15.4 Å². The average Bonchev–Trinajstić information content (AvgIpc) is 3.16. The summed E-state index contributed by atoms with van der Waals surface area (Å²) in [5, 5.41) is 5.59. The summed E-state index contributed by atoms with van der Waals surface area (Å²) < 4.78 is 41.6. The Bertz CT molecular complexity index is 297. The highest BCUT2D eigenvalue weighted by Gasteiger charge is 2.26. The van der Waals surface area contributed by atoms with Crippen molar-refractivity contribution in [1.29, 1.82) is 0 Å². The molecule has 0 radical (unpaired) electrons. The zero-order chi connectivity index (χ0) is 14.8. The molecule has 0 aromatic carbocycles. The number of alkyl halides is 3. The molecule has 0 amide bonds. The van der Waals surface area contributed by atoms with E-state index in [1.165, 1.54) is 12.8 Å². The fraction of sp³-hybridized carbons (Fsp3) is 0.923. The Labute approximate surface area is 141 Å². The number of rotatable bonds is 9. The Morgan fingerprint density at radius 2 is 2.00 bits per heavy atom. The van der Waals surface area contributed by atoms with Gasteiger partial charge in [0, 0.05) is 32.8 Å². The fourth-order valence-corrected chi connectivity index (χ4v) is 1.56. The highest BCUT2D eigenvalue weighted by molar-refractivity contribution is 14.0. The molecule has 0 spiro atoms. The maximum atomic E-state index is 12.0. The smallest absolute Gasteiger partial charge is 0.381 e. The molecule has 8 heteroatoms. The van der Waals surface area contributed by atoms with E-state index in [9.17, 15) is 13.2 Å². The van der Waals surface area contributed by atoms with Crippen molar-refractivity contribution in [2.75, 3.05) is 32.8 Å². The zero-order valence-corrected chi connectivity index (χ0v) is 14.7. The van der Waals surface area contributed by atoms with Crippen LogP contribution in [0.1, 0.15) is 32.6 Å². The van der Waals surface area contributed by atoms with Gasteiger partial charge in [0.1, 0.15) is 0 Å². The molecule has 21 heavy (non-hydrogen) atoms. The number of nitrogens with one attached hydrogen (secondary N) is 2. The quantitative estimate of drug-likeness (QED) is 0.260. The zero-order valence-electron chi connectivity index (χ0n) is 12.3.